The lowest BCUT2D eigenvalue weighted by Gasteiger charge is -2.35. The Morgan fingerprint density at radius 2 is 2.00 bits per heavy atom. The second kappa shape index (κ2) is 5.99. The van der Waals surface area contributed by atoms with Gasteiger partial charge in [0, 0.05) is 24.8 Å². The molecule has 0 bridgehead atoms. The van der Waals surface area contributed by atoms with E-state index in [1.807, 2.05) is 35.2 Å². The van der Waals surface area contributed by atoms with Crippen LogP contribution in [0.4, 0.5) is 5.69 Å². The van der Waals surface area contributed by atoms with E-state index in [1.165, 1.54) is 7.11 Å². The van der Waals surface area contributed by atoms with E-state index in [2.05, 4.69) is 5.32 Å². The van der Waals surface area contributed by atoms with Crippen molar-refractivity contribution >= 4 is 17.6 Å². The maximum Gasteiger partial charge on any atom is 0.321 e. The van der Waals surface area contributed by atoms with Crippen LogP contribution >= 0.6 is 0 Å². The quantitative estimate of drug-likeness (QED) is 0.683. The highest BCUT2D eigenvalue weighted by Gasteiger charge is 2.59. The second-order valence-electron chi connectivity index (χ2n) is 6.17. The molecular formula is C17H22N2O3. The number of nitrogens with one attached hydrogen (secondary N) is 1. The highest BCUT2D eigenvalue weighted by molar-refractivity contribution is 6.05. The van der Waals surface area contributed by atoms with Crippen LogP contribution in [-0.4, -0.2) is 43.0 Å². The Hall–Kier alpha value is -2.04. The highest BCUT2D eigenvalue weighted by Crippen LogP contribution is 2.48. The summed E-state index contributed by atoms with van der Waals surface area (Å²) >= 11 is 0. The Morgan fingerprint density at radius 1 is 1.27 bits per heavy atom. The average molecular weight is 302 g/mol. The molecule has 2 fully saturated rings. The molecule has 1 aromatic rings. The summed E-state index contributed by atoms with van der Waals surface area (Å²) in [4.78, 5) is 26.4. The number of carbonyl (C=O) groups is 2. The predicted octanol–water partition coefficient (Wildman–Crippen LogP) is 2.04. The number of hydrogen-bond donors (Lipinski definition) is 1. The molecule has 1 heterocycles. The minimum absolute atomic E-state index is 0.0566. The van der Waals surface area contributed by atoms with Crippen molar-refractivity contribution in [3.8, 4) is 0 Å². The standard InChI is InChI=1S/C17H22N2O3/c1-22-16(21)17(9-10-17)15(20)19-11-5-8-14(12-19)18-13-6-3-2-4-7-13/h2-4,6-7,14,18H,5,8-12H2,1H3/t14-/m1/s1. The van der Waals surface area contributed by atoms with Crippen molar-refractivity contribution in [2.75, 3.05) is 25.5 Å². The lowest BCUT2D eigenvalue weighted by atomic mass is 10.0. The molecule has 0 spiro atoms. The van der Waals surface area contributed by atoms with Crippen molar-refractivity contribution in [2.24, 2.45) is 5.41 Å². The summed E-state index contributed by atoms with van der Waals surface area (Å²) < 4.78 is 4.81. The van der Waals surface area contributed by atoms with Gasteiger partial charge < -0.3 is 15.0 Å². The number of methoxy groups -OCH3 is 1. The summed E-state index contributed by atoms with van der Waals surface area (Å²) in [6.07, 6.45) is 3.22. The number of rotatable bonds is 4. The number of benzene rings is 1. The first-order valence-corrected chi connectivity index (χ1v) is 7.85. The van der Waals surface area contributed by atoms with Crippen LogP contribution in [0, 0.1) is 5.41 Å². The summed E-state index contributed by atoms with van der Waals surface area (Å²) in [6.45, 7) is 1.37. The van der Waals surface area contributed by atoms with Gasteiger partial charge in [0.05, 0.1) is 7.11 Å². The number of likely N-dealkylation sites (tertiary alicyclic amines) is 1. The van der Waals surface area contributed by atoms with Crippen LogP contribution in [0.2, 0.25) is 0 Å². The van der Waals surface area contributed by atoms with Crippen LogP contribution < -0.4 is 5.32 Å². The highest BCUT2D eigenvalue weighted by atomic mass is 16.5. The normalized spacial score (nSPS) is 22.8. The summed E-state index contributed by atoms with van der Waals surface area (Å²) in [5.74, 6) is -0.436. The number of hydrogen-bond acceptors (Lipinski definition) is 4. The number of para-hydroxylation sites is 1. The molecule has 1 saturated carbocycles. The SMILES string of the molecule is COC(=O)C1(C(=O)N2CCC[C@@H](Nc3ccccc3)C2)CC1. The maximum absolute atomic E-state index is 12.7. The lowest BCUT2D eigenvalue weighted by molar-refractivity contribution is -0.156. The van der Waals surface area contributed by atoms with Crippen molar-refractivity contribution in [3.63, 3.8) is 0 Å². The number of esters is 1. The zero-order chi connectivity index (χ0) is 15.6. The Labute approximate surface area is 130 Å². The Kier molecular flexibility index (Phi) is 4.05. The minimum atomic E-state index is -0.886. The zero-order valence-electron chi connectivity index (χ0n) is 12.9. The van der Waals surface area contributed by atoms with Gasteiger partial charge in [-0.25, -0.2) is 0 Å². The fraction of sp³-hybridized carbons (Fsp3) is 0.529. The largest absolute Gasteiger partial charge is 0.468 e. The van der Waals surface area contributed by atoms with Gasteiger partial charge in [-0.1, -0.05) is 18.2 Å². The third kappa shape index (κ3) is 2.80. The molecule has 118 valence electrons. The van der Waals surface area contributed by atoms with Gasteiger partial charge in [0.2, 0.25) is 5.91 Å². The monoisotopic (exact) mass is 302 g/mol. The second-order valence-corrected chi connectivity index (χ2v) is 6.17. The van der Waals surface area contributed by atoms with E-state index < -0.39 is 5.41 Å². The molecule has 0 radical (unpaired) electrons. The van der Waals surface area contributed by atoms with Gasteiger partial charge >= 0.3 is 5.97 Å². The number of anilines is 1. The van der Waals surface area contributed by atoms with Crippen molar-refractivity contribution in [2.45, 2.75) is 31.7 Å². The third-order valence-electron chi connectivity index (χ3n) is 4.59. The van der Waals surface area contributed by atoms with E-state index in [1.54, 1.807) is 0 Å². The fourth-order valence-corrected chi connectivity index (χ4v) is 3.18. The first-order chi connectivity index (χ1) is 10.7. The van der Waals surface area contributed by atoms with E-state index in [9.17, 15) is 9.59 Å². The summed E-state index contributed by atoms with van der Waals surface area (Å²) in [7, 11) is 1.35. The molecule has 3 rings (SSSR count). The molecule has 1 saturated heterocycles. The third-order valence-corrected chi connectivity index (χ3v) is 4.59. The van der Waals surface area contributed by atoms with Crippen molar-refractivity contribution in [1.82, 2.24) is 4.90 Å². The molecule has 1 aromatic carbocycles. The van der Waals surface area contributed by atoms with E-state index in [4.69, 9.17) is 4.74 Å². The smallest absolute Gasteiger partial charge is 0.321 e. The number of piperidine rings is 1. The Morgan fingerprint density at radius 3 is 2.64 bits per heavy atom. The van der Waals surface area contributed by atoms with Gasteiger partial charge in [0.25, 0.3) is 0 Å². The topological polar surface area (TPSA) is 58.6 Å². The van der Waals surface area contributed by atoms with Gasteiger partial charge in [-0.3, -0.25) is 9.59 Å². The molecule has 1 aliphatic carbocycles. The number of amides is 1. The molecule has 1 aliphatic heterocycles. The minimum Gasteiger partial charge on any atom is -0.468 e. The van der Waals surface area contributed by atoms with Gasteiger partial charge in [0.15, 0.2) is 0 Å². The molecule has 5 heteroatoms. The average Bonchev–Trinajstić information content (AvgIpc) is 3.36. The molecule has 5 nitrogen and oxygen atoms in total. The van der Waals surface area contributed by atoms with Crippen molar-refractivity contribution in [3.05, 3.63) is 30.3 Å². The van der Waals surface area contributed by atoms with Crippen LogP contribution in [0.3, 0.4) is 0 Å². The fourth-order valence-electron chi connectivity index (χ4n) is 3.18. The molecule has 22 heavy (non-hydrogen) atoms. The van der Waals surface area contributed by atoms with E-state index in [-0.39, 0.29) is 17.9 Å². The zero-order valence-corrected chi connectivity index (χ0v) is 12.9. The van der Waals surface area contributed by atoms with Gasteiger partial charge in [-0.05, 0) is 37.8 Å². The Bertz CT molecular complexity index is 554. The van der Waals surface area contributed by atoms with Crippen LogP contribution in [0.1, 0.15) is 25.7 Å². The van der Waals surface area contributed by atoms with Crippen LogP contribution in [0.25, 0.3) is 0 Å². The number of carbonyl (C=O) groups excluding carboxylic acids is 2. The summed E-state index contributed by atoms with van der Waals surface area (Å²) in [5, 5.41) is 3.47. The predicted molar refractivity (Wildman–Crippen MR) is 83.3 cm³/mol. The first kappa shape index (κ1) is 14.9. The molecular weight excluding hydrogens is 280 g/mol. The summed E-state index contributed by atoms with van der Waals surface area (Å²) in [5.41, 5.74) is 0.180. The van der Waals surface area contributed by atoms with Crippen LogP contribution in [0.5, 0.6) is 0 Å². The molecule has 2 aliphatic rings. The molecule has 1 atom stereocenters. The summed E-state index contributed by atoms with van der Waals surface area (Å²) in [6, 6.07) is 10.2. The number of ether oxygens (including phenoxy) is 1. The lowest BCUT2D eigenvalue weighted by Crippen LogP contribution is -2.49. The molecule has 0 unspecified atom stereocenters. The van der Waals surface area contributed by atoms with E-state index in [0.717, 1.165) is 25.1 Å². The van der Waals surface area contributed by atoms with E-state index in [0.29, 0.717) is 19.4 Å². The van der Waals surface area contributed by atoms with Crippen LogP contribution in [-0.2, 0) is 14.3 Å². The maximum atomic E-state index is 12.7. The Balaban J connectivity index is 1.63. The van der Waals surface area contributed by atoms with Crippen molar-refractivity contribution < 1.29 is 14.3 Å². The molecule has 1 amide bonds. The molecule has 0 aromatic heterocycles. The first-order valence-electron chi connectivity index (χ1n) is 7.85. The number of nitrogens with zero attached hydrogens (tertiary/aromatic N) is 1. The van der Waals surface area contributed by atoms with Crippen molar-refractivity contribution in [1.29, 1.82) is 0 Å². The van der Waals surface area contributed by atoms with Gasteiger partial charge in [0.1, 0.15) is 5.41 Å². The van der Waals surface area contributed by atoms with Gasteiger partial charge in [-0.15, -0.1) is 0 Å². The van der Waals surface area contributed by atoms with Gasteiger partial charge in [-0.2, -0.15) is 0 Å². The van der Waals surface area contributed by atoms with Crippen LogP contribution in [0.15, 0.2) is 30.3 Å². The van der Waals surface area contributed by atoms with E-state index >= 15 is 0 Å². The molecule has 1 N–H and O–H groups in total.